The normalized spacial score (nSPS) is 9.87. The molecule has 0 aliphatic carbocycles. The molecule has 0 saturated carbocycles. The van der Waals surface area contributed by atoms with E-state index in [0.29, 0.717) is 6.42 Å². The van der Waals surface area contributed by atoms with E-state index in [1.165, 1.54) is 0 Å². The molecule has 0 heterocycles. The quantitative estimate of drug-likeness (QED) is 0.827. The van der Waals surface area contributed by atoms with Crippen LogP contribution in [0.15, 0.2) is 12.1 Å². The zero-order valence-electron chi connectivity index (χ0n) is 9.68. The first-order valence-corrected chi connectivity index (χ1v) is 5.03. The summed E-state index contributed by atoms with van der Waals surface area (Å²) in [6.45, 7) is 5.74. The Hall–Kier alpha value is -1.51. The molecule has 1 rings (SSSR count). The van der Waals surface area contributed by atoms with Gasteiger partial charge < -0.3 is 10.1 Å². The Morgan fingerprint density at radius 1 is 1.33 bits per heavy atom. The van der Waals surface area contributed by atoms with Crippen molar-refractivity contribution in [2.45, 2.75) is 27.2 Å². The summed E-state index contributed by atoms with van der Waals surface area (Å²) in [7, 11) is 1.64. The summed E-state index contributed by atoms with van der Waals surface area (Å²) >= 11 is 0. The molecule has 0 aliphatic rings. The van der Waals surface area contributed by atoms with Crippen molar-refractivity contribution in [1.82, 2.24) is 0 Å². The molecule has 0 unspecified atom stereocenters. The van der Waals surface area contributed by atoms with Crippen LogP contribution in [-0.4, -0.2) is 13.0 Å². The number of carbonyl (C=O) groups is 1. The summed E-state index contributed by atoms with van der Waals surface area (Å²) < 4.78 is 5.20. The van der Waals surface area contributed by atoms with Gasteiger partial charge in [-0.3, -0.25) is 4.79 Å². The minimum Gasteiger partial charge on any atom is -0.496 e. The van der Waals surface area contributed by atoms with Gasteiger partial charge >= 0.3 is 0 Å². The number of hydrogen-bond acceptors (Lipinski definition) is 2. The monoisotopic (exact) mass is 207 g/mol. The van der Waals surface area contributed by atoms with Gasteiger partial charge in [0.15, 0.2) is 0 Å². The first-order chi connectivity index (χ1) is 7.08. The molecule has 1 aromatic carbocycles. The molecule has 0 saturated heterocycles. The molecule has 0 bridgehead atoms. The highest BCUT2D eigenvalue weighted by molar-refractivity contribution is 5.91. The highest BCUT2D eigenvalue weighted by Crippen LogP contribution is 2.25. The minimum absolute atomic E-state index is 0.0302. The topological polar surface area (TPSA) is 38.3 Å². The van der Waals surface area contributed by atoms with Crippen molar-refractivity contribution in [1.29, 1.82) is 0 Å². The standard InChI is InChI=1S/C12H17NO2/c1-5-12(14)13-10-6-9(3)11(15-4)7-8(10)2/h6-7H,5H2,1-4H3,(H,13,14). The average molecular weight is 207 g/mol. The van der Waals surface area contributed by atoms with Crippen LogP contribution in [0.1, 0.15) is 24.5 Å². The Kier molecular flexibility index (Phi) is 3.72. The van der Waals surface area contributed by atoms with E-state index in [-0.39, 0.29) is 5.91 Å². The van der Waals surface area contributed by atoms with Crippen LogP contribution in [0.5, 0.6) is 5.75 Å². The van der Waals surface area contributed by atoms with Crippen molar-refractivity contribution in [3.8, 4) is 5.75 Å². The van der Waals surface area contributed by atoms with Gasteiger partial charge in [0.25, 0.3) is 0 Å². The van der Waals surface area contributed by atoms with Crippen molar-refractivity contribution in [2.24, 2.45) is 0 Å². The van der Waals surface area contributed by atoms with Crippen molar-refractivity contribution in [3.63, 3.8) is 0 Å². The third kappa shape index (κ3) is 2.72. The molecule has 0 aromatic heterocycles. The van der Waals surface area contributed by atoms with Crippen LogP contribution in [0.25, 0.3) is 0 Å². The molecule has 82 valence electrons. The van der Waals surface area contributed by atoms with Gasteiger partial charge in [-0.25, -0.2) is 0 Å². The maximum absolute atomic E-state index is 11.3. The number of hydrogen-bond donors (Lipinski definition) is 1. The van der Waals surface area contributed by atoms with Gasteiger partial charge in [-0.1, -0.05) is 6.92 Å². The predicted octanol–water partition coefficient (Wildman–Crippen LogP) is 2.66. The van der Waals surface area contributed by atoms with E-state index in [1.807, 2.05) is 32.9 Å². The molecule has 0 aliphatic heterocycles. The largest absolute Gasteiger partial charge is 0.496 e. The van der Waals surface area contributed by atoms with Crippen molar-refractivity contribution in [3.05, 3.63) is 23.3 Å². The lowest BCUT2D eigenvalue weighted by molar-refractivity contribution is -0.115. The van der Waals surface area contributed by atoms with E-state index >= 15 is 0 Å². The van der Waals surface area contributed by atoms with Gasteiger partial charge in [-0.2, -0.15) is 0 Å². The Morgan fingerprint density at radius 3 is 2.53 bits per heavy atom. The molecule has 3 heteroatoms. The predicted molar refractivity (Wildman–Crippen MR) is 61.4 cm³/mol. The third-order valence-electron chi connectivity index (χ3n) is 2.34. The molecule has 0 atom stereocenters. The fourth-order valence-electron chi connectivity index (χ4n) is 1.38. The van der Waals surface area contributed by atoms with Crippen LogP contribution >= 0.6 is 0 Å². The van der Waals surface area contributed by atoms with Gasteiger partial charge in [-0.15, -0.1) is 0 Å². The molecule has 1 N–H and O–H groups in total. The number of ether oxygens (including phenoxy) is 1. The molecular formula is C12H17NO2. The van der Waals surface area contributed by atoms with Gasteiger partial charge in [0, 0.05) is 12.1 Å². The summed E-state index contributed by atoms with van der Waals surface area (Å²) in [4.78, 5) is 11.3. The molecule has 3 nitrogen and oxygen atoms in total. The van der Waals surface area contributed by atoms with Crippen LogP contribution in [0, 0.1) is 13.8 Å². The van der Waals surface area contributed by atoms with E-state index in [1.54, 1.807) is 7.11 Å². The fraction of sp³-hybridized carbons (Fsp3) is 0.417. The number of benzene rings is 1. The van der Waals surface area contributed by atoms with Crippen LogP contribution in [0.4, 0.5) is 5.69 Å². The summed E-state index contributed by atoms with van der Waals surface area (Å²) in [6.07, 6.45) is 0.491. The second-order valence-electron chi connectivity index (χ2n) is 3.54. The second-order valence-corrected chi connectivity index (χ2v) is 3.54. The molecule has 15 heavy (non-hydrogen) atoms. The highest BCUT2D eigenvalue weighted by atomic mass is 16.5. The van der Waals surface area contributed by atoms with E-state index in [9.17, 15) is 4.79 Å². The van der Waals surface area contributed by atoms with Gasteiger partial charge in [0.05, 0.1) is 7.11 Å². The maximum atomic E-state index is 11.3. The van der Waals surface area contributed by atoms with Crippen LogP contribution in [-0.2, 0) is 4.79 Å². The number of nitrogens with one attached hydrogen (secondary N) is 1. The third-order valence-corrected chi connectivity index (χ3v) is 2.34. The van der Waals surface area contributed by atoms with E-state index in [4.69, 9.17) is 4.74 Å². The first-order valence-electron chi connectivity index (χ1n) is 5.03. The summed E-state index contributed by atoms with van der Waals surface area (Å²) in [5.74, 6) is 0.879. The lowest BCUT2D eigenvalue weighted by atomic mass is 10.1. The summed E-state index contributed by atoms with van der Waals surface area (Å²) in [6, 6.07) is 3.86. The molecular weight excluding hydrogens is 190 g/mol. The zero-order chi connectivity index (χ0) is 11.4. The van der Waals surface area contributed by atoms with E-state index in [2.05, 4.69) is 5.32 Å². The van der Waals surface area contributed by atoms with E-state index < -0.39 is 0 Å². The van der Waals surface area contributed by atoms with Crippen molar-refractivity contribution < 1.29 is 9.53 Å². The first kappa shape index (κ1) is 11.6. The highest BCUT2D eigenvalue weighted by Gasteiger charge is 2.06. The van der Waals surface area contributed by atoms with Crippen LogP contribution < -0.4 is 10.1 Å². The second kappa shape index (κ2) is 4.82. The van der Waals surface area contributed by atoms with Crippen LogP contribution in [0.2, 0.25) is 0 Å². The number of anilines is 1. The number of carbonyl (C=O) groups excluding carboxylic acids is 1. The molecule has 1 aromatic rings. The average Bonchev–Trinajstić information content (AvgIpc) is 2.22. The number of amides is 1. The number of aryl methyl sites for hydroxylation is 2. The lowest BCUT2D eigenvalue weighted by Gasteiger charge is -2.11. The van der Waals surface area contributed by atoms with E-state index in [0.717, 1.165) is 22.6 Å². The zero-order valence-corrected chi connectivity index (χ0v) is 9.68. The minimum atomic E-state index is 0.0302. The van der Waals surface area contributed by atoms with Gasteiger partial charge in [-0.05, 0) is 37.1 Å². The van der Waals surface area contributed by atoms with Gasteiger partial charge in [0.2, 0.25) is 5.91 Å². The number of methoxy groups -OCH3 is 1. The molecule has 1 amide bonds. The van der Waals surface area contributed by atoms with Crippen molar-refractivity contribution in [2.75, 3.05) is 12.4 Å². The smallest absolute Gasteiger partial charge is 0.224 e. The van der Waals surface area contributed by atoms with Crippen molar-refractivity contribution >= 4 is 11.6 Å². The maximum Gasteiger partial charge on any atom is 0.224 e. The molecule has 0 fully saturated rings. The summed E-state index contributed by atoms with van der Waals surface area (Å²) in [5, 5.41) is 2.86. The number of rotatable bonds is 3. The lowest BCUT2D eigenvalue weighted by Crippen LogP contribution is -2.10. The Labute approximate surface area is 90.4 Å². The SMILES string of the molecule is CCC(=O)Nc1cc(C)c(OC)cc1C. The van der Waals surface area contributed by atoms with Crippen LogP contribution in [0.3, 0.4) is 0 Å². The summed E-state index contributed by atoms with van der Waals surface area (Å²) in [5.41, 5.74) is 2.90. The molecule has 0 spiro atoms. The Morgan fingerprint density at radius 2 is 2.00 bits per heavy atom. The Balaban J connectivity index is 3.00. The Bertz CT molecular complexity index is 372. The molecule has 0 radical (unpaired) electrons. The fourth-order valence-corrected chi connectivity index (χ4v) is 1.38. The van der Waals surface area contributed by atoms with Gasteiger partial charge in [0.1, 0.15) is 5.75 Å².